The molecule has 0 saturated heterocycles. The van der Waals surface area contributed by atoms with Gasteiger partial charge in [-0.25, -0.2) is 0 Å². The molecule has 0 radical (unpaired) electrons. The standard InChI is InChI=1S/C13H12N4O3/c1-19-11-6-9(7-14)2-3-10(11)20-8-13(18)16-12-4-5-15-17-12/h2-6H,8H2,1H3,(H2,15,16,17,18). The third-order valence-corrected chi connectivity index (χ3v) is 2.43. The summed E-state index contributed by atoms with van der Waals surface area (Å²) in [6, 6.07) is 8.34. The Labute approximate surface area is 115 Å². The molecule has 0 fully saturated rings. The number of carbonyl (C=O) groups excluding carboxylic acids is 1. The third kappa shape index (κ3) is 3.26. The van der Waals surface area contributed by atoms with Crippen molar-refractivity contribution in [3.63, 3.8) is 0 Å². The number of H-pyrrole nitrogens is 1. The molecule has 2 aromatic rings. The number of anilines is 1. The number of benzene rings is 1. The number of amides is 1. The lowest BCUT2D eigenvalue weighted by Crippen LogP contribution is -2.20. The summed E-state index contributed by atoms with van der Waals surface area (Å²) in [4.78, 5) is 11.6. The zero-order chi connectivity index (χ0) is 14.4. The van der Waals surface area contributed by atoms with E-state index in [4.69, 9.17) is 14.7 Å². The second-order valence-corrected chi connectivity index (χ2v) is 3.78. The summed E-state index contributed by atoms with van der Waals surface area (Å²) >= 11 is 0. The highest BCUT2D eigenvalue weighted by molar-refractivity contribution is 5.90. The van der Waals surface area contributed by atoms with Crippen molar-refractivity contribution in [2.75, 3.05) is 19.0 Å². The van der Waals surface area contributed by atoms with E-state index in [1.165, 1.54) is 13.3 Å². The molecule has 0 aliphatic carbocycles. The number of nitriles is 1. The molecule has 1 amide bonds. The zero-order valence-electron chi connectivity index (χ0n) is 10.7. The van der Waals surface area contributed by atoms with Crippen molar-refractivity contribution < 1.29 is 14.3 Å². The summed E-state index contributed by atoms with van der Waals surface area (Å²) < 4.78 is 10.5. The molecule has 1 aromatic carbocycles. The number of methoxy groups -OCH3 is 1. The van der Waals surface area contributed by atoms with Gasteiger partial charge in [-0.2, -0.15) is 10.4 Å². The molecular weight excluding hydrogens is 260 g/mol. The monoisotopic (exact) mass is 272 g/mol. The average molecular weight is 272 g/mol. The fourth-order valence-corrected chi connectivity index (χ4v) is 1.51. The van der Waals surface area contributed by atoms with E-state index in [0.717, 1.165) is 0 Å². The van der Waals surface area contributed by atoms with Crippen LogP contribution in [0, 0.1) is 11.3 Å². The molecule has 7 nitrogen and oxygen atoms in total. The maximum Gasteiger partial charge on any atom is 0.263 e. The Bertz CT molecular complexity index is 632. The van der Waals surface area contributed by atoms with Crippen LogP contribution in [0.3, 0.4) is 0 Å². The molecule has 7 heteroatoms. The van der Waals surface area contributed by atoms with Crippen LogP contribution in [-0.4, -0.2) is 29.8 Å². The number of nitrogens with one attached hydrogen (secondary N) is 2. The number of hydrogen-bond acceptors (Lipinski definition) is 5. The molecule has 2 rings (SSSR count). The van der Waals surface area contributed by atoms with Crippen molar-refractivity contribution in [3.05, 3.63) is 36.0 Å². The van der Waals surface area contributed by atoms with Gasteiger partial charge in [0.05, 0.1) is 24.9 Å². The summed E-state index contributed by atoms with van der Waals surface area (Å²) in [6.07, 6.45) is 1.53. The fraction of sp³-hybridized carbons (Fsp3) is 0.154. The quantitative estimate of drug-likeness (QED) is 0.854. The van der Waals surface area contributed by atoms with Crippen molar-refractivity contribution in [1.82, 2.24) is 10.2 Å². The average Bonchev–Trinajstić information content (AvgIpc) is 2.97. The van der Waals surface area contributed by atoms with E-state index >= 15 is 0 Å². The van der Waals surface area contributed by atoms with Crippen molar-refractivity contribution in [3.8, 4) is 17.6 Å². The second-order valence-electron chi connectivity index (χ2n) is 3.78. The second kappa shape index (κ2) is 6.24. The van der Waals surface area contributed by atoms with E-state index in [9.17, 15) is 4.79 Å². The minimum absolute atomic E-state index is 0.179. The van der Waals surface area contributed by atoms with Crippen molar-refractivity contribution in [1.29, 1.82) is 5.26 Å². The molecule has 0 unspecified atom stereocenters. The van der Waals surface area contributed by atoms with Gasteiger partial charge in [-0.05, 0) is 12.1 Å². The van der Waals surface area contributed by atoms with Crippen LogP contribution in [0.2, 0.25) is 0 Å². The Morgan fingerprint density at radius 1 is 1.45 bits per heavy atom. The number of ether oxygens (including phenoxy) is 2. The minimum atomic E-state index is -0.333. The zero-order valence-corrected chi connectivity index (χ0v) is 10.7. The van der Waals surface area contributed by atoms with Crippen molar-refractivity contribution in [2.24, 2.45) is 0 Å². The largest absolute Gasteiger partial charge is 0.493 e. The lowest BCUT2D eigenvalue weighted by molar-refractivity contribution is -0.118. The first-order chi connectivity index (χ1) is 9.72. The summed E-state index contributed by atoms with van der Waals surface area (Å²) in [6.45, 7) is -0.179. The van der Waals surface area contributed by atoms with E-state index in [-0.39, 0.29) is 12.5 Å². The molecule has 0 bridgehead atoms. The lowest BCUT2D eigenvalue weighted by Gasteiger charge is -2.10. The number of rotatable bonds is 5. The van der Waals surface area contributed by atoms with Crippen LogP contribution >= 0.6 is 0 Å². The van der Waals surface area contributed by atoms with Crippen LogP contribution in [0.5, 0.6) is 11.5 Å². The molecule has 1 heterocycles. The highest BCUT2D eigenvalue weighted by Gasteiger charge is 2.09. The Morgan fingerprint density at radius 2 is 2.30 bits per heavy atom. The molecule has 102 valence electrons. The van der Waals surface area contributed by atoms with Gasteiger partial charge in [0.25, 0.3) is 5.91 Å². The van der Waals surface area contributed by atoms with Gasteiger partial charge in [-0.3, -0.25) is 9.89 Å². The van der Waals surface area contributed by atoms with E-state index in [1.54, 1.807) is 24.3 Å². The maximum atomic E-state index is 11.6. The highest BCUT2D eigenvalue weighted by Crippen LogP contribution is 2.27. The predicted molar refractivity (Wildman–Crippen MR) is 70.4 cm³/mol. The Balaban J connectivity index is 1.97. The highest BCUT2D eigenvalue weighted by atomic mass is 16.5. The van der Waals surface area contributed by atoms with Crippen molar-refractivity contribution in [2.45, 2.75) is 0 Å². The molecular formula is C13H12N4O3. The topological polar surface area (TPSA) is 100 Å². The summed E-state index contributed by atoms with van der Waals surface area (Å²) in [5.41, 5.74) is 0.455. The number of aromatic nitrogens is 2. The first-order valence-corrected chi connectivity index (χ1v) is 5.73. The van der Waals surface area contributed by atoms with E-state index in [1.807, 2.05) is 6.07 Å². The van der Waals surface area contributed by atoms with Gasteiger partial charge in [0.1, 0.15) is 5.82 Å². The first kappa shape index (κ1) is 13.4. The summed E-state index contributed by atoms with van der Waals surface area (Å²) in [7, 11) is 1.47. The Hall–Kier alpha value is -3.01. The number of hydrogen-bond donors (Lipinski definition) is 2. The summed E-state index contributed by atoms with van der Waals surface area (Å²) in [5, 5.41) is 17.7. The van der Waals surface area contributed by atoms with Gasteiger partial charge in [-0.15, -0.1) is 0 Å². The Morgan fingerprint density at radius 3 is 2.95 bits per heavy atom. The third-order valence-electron chi connectivity index (χ3n) is 2.43. The normalized spacial score (nSPS) is 9.60. The molecule has 0 aliphatic rings. The van der Waals surface area contributed by atoms with Gasteiger partial charge in [-0.1, -0.05) is 0 Å². The molecule has 1 aromatic heterocycles. The van der Waals surface area contributed by atoms with Crippen LogP contribution in [0.15, 0.2) is 30.5 Å². The van der Waals surface area contributed by atoms with Gasteiger partial charge in [0.15, 0.2) is 18.1 Å². The summed E-state index contributed by atoms with van der Waals surface area (Å²) in [5.74, 6) is 0.954. The molecule has 2 N–H and O–H groups in total. The van der Waals surface area contributed by atoms with E-state index in [0.29, 0.717) is 22.9 Å². The Kier molecular flexibility index (Phi) is 4.19. The van der Waals surface area contributed by atoms with Crippen LogP contribution in [-0.2, 0) is 4.79 Å². The predicted octanol–water partition coefficient (Wildman–Crippen LogP) is 1.31. The fourth-order valence-electron chi connectivity index (χ4n) is 1.51. The van der Waals surface area contributed by atoms with Crippen LogP contribution < -0.4 is 14.8 Å². The molecule has 0 saturated carbocycles. The minimum Gasteiger partial charge on any atom is -0.493 e. The number of carbonyl (C=O) groups is 1. The van der Waals surface area contributed by atoms with Gasteiger partial charge < -0.3 is 14.8 Å². The number of aromatic amines is 1. The van der Waals surface area contributed by atoms with Gasteiger partial charge in [0, 0.05) is 12.1 Å². The SMILES string of the molecule is COc1cc(C#N)ccc1OCC(=O)Nc1ccn[nH]1. The molecule has 20 heavy (non-hydrogen) atoms. The number of nitrogens with zero attached hydrogens (tertiary/aromatic N) is 2. The smallest absolute Gasteiger partial charge is 0.263 e. The van der Waals surface area contributed by atoms with Gasteiger partial charge in [0.2, 0.25) is 0 Å². The van der Waals surface area contributed by atoms with Crippen LogP contribution in [0.1, 0.15) is 5.56 Å². The van der Waals surface area contributed by atoms with E-state index in [2.05, 4.69) is 15.5 Å². The molecule has 0 atom stereocenters. The molecule has 0 spiro atoms. The lowest BCUT2D eigenvalue weighted by atomic mass is 10.2. The van der Waals surface area contributed by atoms with Crippen LogP contribution in [0.25, 0.3) is 0 Å². The van der Waals surface area contributed by atoms with Crippen LogP contribution in [0.4, 0.5) is 5.82 Å². The van der Waals surface area contributed by atoms with Gasteiger partial charge >= 0.3 is 0 Å². The molecule has 0 aliphatic heterocycles. The maximum absolute atomic E-state index is 11.6. The first-order valence-electron chi connectivity index (χ1n) is 5.73. The van der Waals surface area contributed by atoms with Crippen molar-refractivity contribution >= 4 is 11.7 Å². The van der Waals surface area contributed by atoms with E-state index < -0.39 is 0 Å².